The highest BCUT2D eigenvalue weighted by molar-refractivity contribution is 9.10. The van der Waals surface area contributed by atoms with Gasteiger partial charge in [-0.15, -0.1) is 11.3 Å². The maximum absolute atomic E-state index is 5.50. The summed E-state index contributed by atoms with van der Waals surface area (Å²) < 4.78 is 1.11. The Morgan fingerprint density at radius 3 is 2.88 bits per heavy atom. The van der Waals surface area contributed by atoms with Crippen LogP contribution in [0.3, 0.4) is 0 Å². The minimum Gasteiger partial charge on any atom is -0.389 e. The summed E-state index contributed by atoms with van der Waals surface area (Å²) in [4.78, 5) is 5.85. The molecule has 0 aliphatic carbocycles. The van der Waals surface area contributed by atoms with Crippen molar-refractivity contribution in [3.05, 3.63) is 44.7 Å². The largest absolute Gasteiger partial charge is 0.389 e. The van der Waals surface area contributed by atoms with E-state index >= 15 is 0 Å². The number of hydrogen-bond acceptors (Lipinski definition) is 4. The van der Waals surface area contributed by atoms with Crippen LogP contribution in [0.15, 0.2) is 34.2 Å². The van der Waals surface area contributed by atoms with Gasteiger partial charge in [0, 0.05) is 26.5 Å². The number of thiophene rings is 1. The van der Waals surface area contributed by atoms with Gasteiger partial charge in [0.1, 0.15) is 10.8 Å². The van der Waals surface area contributed by atoms with Crippen LogP contribution < -0.4 is 11.1 Å². The molecule has 0 amide bonds. The van der Waals surface area contributed by atoms with E-state index in [1.165, 1.54) is 4.88 Å². The molecule has 0 fully saturated rings. The number of pyridine rings is 1. The van der Waals surface area contributed by atoms with E-state index in [9.17, 15) is 0 Å². The summed E-state index contributed by atoms with van der Waals surface area (Å²) in [7, 11) is 0. The highest BCUT2D eigenvalue weighted by Gasteiger charge is 2.00. The smallest absolute Gasteiger partial charge is 0.126 e. The number of hydrogen-bond donors (Lipinski definition) is 2. The molecule has 2 aromatic rings. The van der Waals surface area contributed by atoms with Gasteiger partial charge in [-0.2, -0.15) is 0 Å². The van der Waals surface area contributed by atoms with Gasteiger partial charge >= 0.3 is 0 Å². The van der Waals surface area contributed by atoms with Crippen LogP contribution in [0, 0.1) is 0 Å². The Morgan fingerprint density at radius 2 is 2.35 bits per heavy atom. The van der Waals surface area contributed by atoms with Gasteiger partial charge in [-0.05, 0) is 34.1 Å². The molecule has 3 nitrogen and oxygen atoms in total. The summed E-state index contributed by atoms with van der Waals surface area (Å²) in [6, 6.07) is 5.82. The van der Waals surface area contributed by atoms with Crippen molar-refractivity contribution in [1.29, 1.82) is 0 Å². The number of halogens is 1. The molecule has 0 unspecified atom stereocenters. The molecule has 0 atom stereocenters. The summed E-state index contributed by atoms with van der Waals surface area (Å²) in [6.45, 7) is 0.760. The zero-order chi connectivity index (χ0) is 12.3. The monoisotopic (exact) mass is 327 g/mol. The first kappa shape index (κ1) is 12.5. The van der Waals surface area contributed by atoms with Crippen molar-refractivity contribution in [2.24, 2.45) is 5.73 Å². The molecular formula is C11H10BrN3S2. The first-order valence-electron chi connectivity index (χ1n) is 4.88. The SMILES string of the molecule is NC(=S)c1ccc(NCc2cc(Br)cs2)nc1. The molecule has 0 aliphatic rings. The zero-order valence-corrected chi connectivity index (χ0v) is 12.0. The molecule has 2 rings (SSSR count). The van der Waals surface area contributed by atoms with E-state index in [0.717, 1.165) is 22.4 Å². The summed E-state index contributed by atoms with van der Waals surface area (Å²) in [5.74, 6) is 0.814. The lowest BCUT2D eigenvalue weighted by Gasteiger charge is -2.04. The number of thiocarbonyl (C=S) groups is 1. The van der Waals surface area contributed by atoms with E-state index in [1.54, 1.807) is 17.5 Å². The molecule has 88 valence electrons. The summed E-state index contributed by atoms with van der Waals surface area (Å²) in [5, 5.41) is 5.29. The molecule has 2 aromatic heterocycles. The van der Waals surface area contributed by atoms with Crippen LogP contribution in [-0.2, 0) is 6.54 Å². The lowest BCUT2D eigenvalue weighted by molar-refractivity contribution is 1.14. The van der Waals surface area contributed by atoms with E-state index in [0.29, 0.717) is 4.99 Å². The number of anilines is 1. The van der Waals surface area contributed by atoms with Crippen molar-refractivity contribution in [1.82, 2.24) is 4.98 Å². The third-order valence-corrected chi connectivity index (χ3v) is 4.05. The van der Waals surface area contributed by atoms with Crippen LogP contribution in [0.25, 0.3) is 0 Å². The first-order valence-corrected chi connectivity index (χ1v) is 6.96. The molecule has 0 saturated carbocycles. The average molecular weight is 328 g/mol. The van der Waals surface area contributed by atoms with Crippen molar-refractivity contribution >= 4 is 50.3 Å². The minimum atomic E-state index is 0.367. The standard InChI is InChI=1S/C11H10BrN3S2/c12-8-3-9(17-6-8)5-15-10-2-1-7(4-14-10)11(13)16/h1-4,6H,5H2,(H2,13,16)(H,14,15). The fourth-order valence-corrected chi connectivity index (χ4v) is 2.78. The third kappa shape index (κ3) is 3.49. The summed E-state index contributed by atoms with van der Waals surface area (Å²) in [6.07, 6.45) is 1.68. The predicted molar refractivity (Wildman–Crippen MR) is 79.5 cm³/mol. The number of rotatable bonds is 4. The molecule has 6 heteroatoms. The normalized spacial score (nSPS) is 10.2. The molecular weight excluding hydrogens is 318 g/mol. The quantitative estimate of drug-likeness (QED) is 0.847. The van der Waals surface area contributed by atoms with Gasteiger partial charge in [-0.25, -0.2) is 4.98 Å². The Balaban J connectivity index is 1.97. The van der Waals surface area contributed by atoms with Crippen LogP contribution in [0.4, 0.5) is 5.82 Å². The van der Waals surface area contributed by atoms with Crippen LogP contribution in [0.2, 0.25) is 0 Å². The Bertz CT molecular complexity index is 522. The number of aromatic nitrogens is 1. The maximum Gasteiger partial charge on any atom is 0.126 e. The van der Waals surface area contributed by atoms with E-state index in [4.69, 9.17) is 18.0 Å². The zero-order valence-electron chi connectivity index (χ0n) is 8.81. The van der Waals surface area contributed by atoms with Crippen molar-refractivity contribution in [2.45, 2.75) is 6.54 Å². The molecule has 0 bridgehead atoms. The maximum atomic E-state index is 5.50. The molecule has 0 aliphatic heterocycles. The highest BCUT2D eigenvalue weighted by Crippen LogP contribution is 2.20. The van der Waals surface area contributed by atoms with Crippen molar-refractivity contribution in [2.75, 3.05) is 5.32 Å². The molecule has 0 spiro atoms. The Morgan fingerprint density at radius 1 is 1.53 bits per heavy atom. The minimum absolute atomic E-state index is 0.367. The second-order valence-corrected chi connectivity index (χ2v) is 5.73. The number of nitrogens with two attached hydrogens (primary N) is 1. The molecule has 3 N–H and O–H groups in total. The Labute approximate surface area is 117 Å². The molecule has 2 heterocycles. The molecule has 0 aromatic carbocycles. The van der Waals surface area contributed by atoms with Crippen LogP contribution in [-0.4, -0.2) is 9.97 Å². The predicted octanol–water partition coefficient (Wildman–Crippen LogP) is 3.15. The van der Waals surface area contributed by atoms with Gasteiger partial charge in [0.25, 0.3) is 0 Å². The fourth-order valence-electron chi connectivity index (χ4n) is 1.27. The van der Waals surface area contributed by atoms with Gasteiger partial charge in [-0.1, -0.05) is 12.2 Å². The van der Waals surface area contributed by atoms with Crippen LogP contribution in [0.5, 0.6) is 0 Å². The second-order valence-electron chi connectivity index (χ2n) is 3.38. The summed E-state index contributed by atoms with van der Waals surface area (Å²) >= 11 is 9.98. The fraction of sp³-hybridized carbons (Fsp3) is 0.0909. The molecule has 17 heavy (non-hydrogen) atoms. The van der Waals surface area contributed by atoms with Crippen LogP contribution >= 0.6 is 39.5 Å². The molecule has 0 saturated heterocycles. The Hall–Kier alpha value is -0.980. The summed E-state index contributed by atoms with van der Waals surface area (Å²) in [5.41, 5.74) is 6.28. The van der Waals surface area contributed by atoms with Gasteiger partial charge in [-0.3, -0.25) is 0 Å². The Kier molecular flexibility index (Phi) is 4.09. The average Bonchev–Trinajstić information content (AvgIpc) is 2.73. The van der Waals surface area contributed by atoms with Crippen molar-refractivity contribution in [3.8, 4) is 0 Å². The highest BCUT2D eigenvalue weighted by atomic mass is 79.9. The second kappa shape index (κ2) is 5.57. The lowest BCUT2D eigenvalue weighted by Crippen LogP contribution is -2.10. The third-order valence-electron chi connectivity index (χ3n) is 2.11. The topological polar surface area (TPSA) is 50.9 Å². The van der Waals surface area contributed by atoms with Gasteiger partial charge in [0.2, 0.25) is 0 Å². The van der Waals surface area contributed by atoms with Crippen molar-refractivity contribution in [3.63, 3.8) is 0 Å². The van der Waals surface area contributed by atoms with Gasteiger partial charge in [0.15, 0.2) is 0 Å². The van der Waals surface area contributed by atoms with E-state index in [1.807, 2.05) is 12.1 Å². The van der Waals surface area contributed by atoms with Gasteiger partial charge < -0.3 is 11.1 Å². The first-order chi connectivity index (χ1) is 8.15. The van der Waals surface area contributed by atoms with E-state index in [2.05, 4.69) is 37.7 Å². The number of nitrogens with zero attached hydrogens (tertiary/aromatic N) is 1. The van der Waals surface area contributed by atoms with Crippen molar-refractivity contribution < 1.29 is 0 Å². The molecule has 0 radical (unpaired) electrons. The van der Waals surface area contributed by atoms with E-state index in [-0.39, 0.29) is 0 Å². The number of nitrogens with one attached hydrogen (secondary N) is 1. The van der Waals surface area contributed by atoms with Gasteiger partial charge in [0.05, 0.1) is 6.54 Å². The van der Waals surface area contributed by atoms with Crippen LogP contribution in [0.1, 0.15) is 10.4 Å². The van der Waals surface area contributed by atoms with E-state index < -0.39 is 0 Å². The lowest BCUT2D eigenvalue weighted by atomic mass is 10.3.